The van der Waals surface area contributed by atoms with Gasteiger partial charge in [0.1, 0.15) is 0 Å². The molecule has 4 heteroatoms. The first-order valence-corrected chi connectivity index (χ1v) is 7.07. The third-order valence-electron chi connectivity index (χ3n) is 3.41. The van der Waals surface area contributed by atoms with Gasteiger partial charge < -0.3 is 10.1 Å². The van der Waals surface area contributed by atoms with Crippen LogP contribution in [-0.4, -0.2) is 50.2 Å². The lowest BCUT2D eigenvalue weighted by molar-refractivity contribution is -0.116. The van der Waals surface area contributed by atoms with E-state index in [9.17, 15) is 4.79 Å². The topological polar surface area (TPSA) is 41.6 Å². The van der Waals surface area contributed by atoms with Crippen molar-refractivity contribution in [3.63, 3.8) is 0 Å². The zero-order valence-electron chi connectivity index (χ0n) is 12.0. The Bertz CT molecular complexity index is 451. The maximum atomic E-state index is 11.8. The van der Waals surface area contributed by atoms with Gasteiger partial charge >= 0.3 is 0 Å². The second kappa shape index (κ2) is 7.82. The summed E-state index contributed by atoms with van der Waals surface area (Å²) in [5, 5.41) is 2.93. The fourth-order valence-electron chi connectivity index (χ4n) is 2.19. The summed E-state index contributed by atoms with van der Waals surface area (Å²) in [4.78, 5) is 14.1. The molecule has 0 atom stereocenters. The highest BCUT2D eigenvalue weighted by Crippen LogP contribution is 2.11. The van der Waals surface area contributed by atoms with E-state index in [1.165, 1.54) is 0 Å². The zero-order chi connectivity index (χ0) is 14.2. The van der Waals surface area contributed by atoms with E-state index in [2.05, 4.69) is 10.2 Å². The van der Waals surface area contributed by atoms with Crippen LogP contribution < -0.4 is 5.32 Å². The number of ether oxygens (including phenoxy) is 1. The molecule has 108 valence electrons. The predicted octanol–water partition coefficient (Wildman–Crippen LogP) is 1.54. The third-order valence-corrected chi connectivity index (χ3v) is 3.41. The molecule has 4 nitrogen and oxygen atoms in total. The monoisotopic (exact) mass is 274 g/mol. The molecule has 0 saturated carbocycles. The summed E-state index contributed by atoms with van der Waals surface area (Å²) in [5.41, 5.74) is 2.06. The van der Waals surface area contributed by atoms with Crippen LogP contribution in [0.25, 0.3) is 5.57 Å². The summed E-state index contributed by atoms with van der Waals surface area (Å²) in [6.07, 6.45) is 1.66. The molecule has 2 rings (SSSR count). The predicted molar refractivity (Wildman–Crippen MR) is 80.4 cm³/mol. The van der Waals surface area contributed by atoms with Crippen molar-refractivity contribution in [3.05, 3.63) is 42.0 Å². The van der Waals surface area contributed by atoms with Crippen molar-refractivity contribution in [3.8, 4) is 0 Å². The Kier molecular flexibility index (Phi) is 5.77. The first-order chi connectivity index (χ1) is 9.75. The second-order valence-electron chi connectivity index (χ2n) is 4.94. The van der Waals surface area contributed by atoms with Crippen molar-refractivity contribution >= 4 is 11.5 Å². The fourth-order valence-corrected chi connectivity index (χ4v) is 2.19. The molecule has 1 fully saturated rings. The molecule has 0 radical (unpaired) electrons. The van der Waals surface area contributed by atoms with Crippen LogP contribution in [0.3, 0.4) is 0 Å². The van der Waals surface area contributed by atoms with Gasteiger partial charge in [-0.15, -0.1) is 0 Å². The van der Waals surface area contributed by atoms with Crippen molar-refractivity contribution in [2.75, 3.05) is 39.4 Å². The van der Waals surface area contributed by atoms with Gasteiger partial charge in [-0.25, -0.2) is 0 Å². The Labute approximate surface area is 120 Å². The van der Waals surface area contributed by atoms with Gasteiger partial charge in [-0.05, 0) is 18.1 Å². The minimum atomic E-state index is -0.0281. The number of amides is 1. The molecule has 1 amide bonds. The summed E-state index contributed by atoms with van der Waals surface area (Å²) in [6, 6.07) is 9.94. The lowest BCUT2D eigenvalue weighted by Gasteiger charge is -2.26. The largest absolute Gasteiger partial charge is 0.379 e. The van der Waals surface area contributed by atoms with E-state index in [1.54, 1.807) is 6.08 Å². The second-order valence-corrected chi connectivity index (χ2v) is 4.94. The number of hydrogen-bond donors (Lipinski definition) is 1. The van der Waals surface area contributed by atoms with E-state index in [-0.39, 0.29) is 5.91 Å². The summed E-state index contributed by atoms with van der Waals surface area (Å²) < 4.78 is 5.29. The number of nitrogens with zero attached hydrogens (tertiary/aromatic N) is 1. The molecular formula is C16H22N2O2. The number of allylic oxidation sites excluding steroid dienone is 1. The maximum Gasteiger partial charge on any atom is 0.244 e. The van der Waals surface area contributed by atoms with Gasteiger partial charge in [0, 0.05) is 32.3 Å². The molecule has 1 aromatic rings. The van der Waals surface area contributed by atoms with Gasteiger partial charge in [0.15, 0.2) is 0 Å². The molecule has 20 heavy (non-hydrogen) atoms. The minimum Gasteiger partial charge on any atom is -0.379 e. The van der Waals surface area contributed by atoms with Crippen LogP contribution in [0.2, 0.25) is 0 Å². The molecule has 1 heterocycles. The van der Waals surface area contributed by atoms with Gasteiger partial charge in [0.25, 0.3) is 0 Å². The van der Waals surface area contributed by atoms with Crippen molar-refractivity contribution < 1.29 is 9.53 Å². The fraction of sp³-hybridized carbons (Fsp3) is 0.438. The molecule has 1 aromatic carbocycles. The summed E-state index contributed by atoms with van der Waals surface area (Å²) in [6.45, 7) is 7.01. The molecule has 1 aliphatic rings. The molecule has 0 aliphatic carbocycles. The summed E-state index contributed by atoms with van der Waals surface area (Å²) in [7, 11) is 0. The van der Waals surface area contributed by atoms with E-state index < -0.39 is 0 Å². The van der Waals surface area contributed by atoms with Gasteiger partial charge in [0.2, 0.25) is 5.91 Å². The smallest absolute Gasteiger partial charge is 0.244 e. The number of carbonyl (C=O) groups excluding carboxylic acids is 1. The molecule has 1 aliphatic heterocycles. The van der Waals surface area contributed by atoms with Gasteiger partial charge in [0.05, 0.1) is 13.2 Å². The SMILES string of the molecule is C/C(=C\C(=O)NCCN1CCOCC1)c1ccccc1. The highest BCUT2D eigenvalue weighted by Gasteiger charge is 2.09. The molecule has 0 spiro atoms. The zero-order valence-corrected chi connectivity index (χ0v) is 12.0. The molecule has 1 saturated heterocycles. The van der Waals surface area contributed by atoms with Crippen LogP contribution in [0.4, 0.5) is 0 Å². The average molecular weight is 274 g/mol. The third kappa shape index (κ3) is 4.79. The van der Waals surface area contributed by atoms with E-state index in [4.69, 9.17) is 4.74 Å². The van der Waals surface area contributed by atoms with Crippen molar-refractivity contribution in [2.45, 2.75) is 6.92 Å². The highest BCUT2D eigenvalue weighted by atomic mass is 16.5. The average Bonchev–Trinajstić information content (AvgIpc) is 2.49. The van der Waals surface area contributed by atoms with Crippen molar-refractivity contribution in [2.24, 2.45) is 0 Å². The lowest BCUT2D eigenvalue weighted by Crippen LogP contribution is -2.41. The van der Waals surface area contributed by atoms with Crippen LogP contribution in [0, 0.1) is 0 Å². The van der Waals surface area contributed by atoms with Gasteiger partial charge in [-0.2, -0.15) is 0 Å². The number of carbonyl (C=O) groups is 1. The van der Waals surface area contributed by atoms with Gasteiger partial charge in [-0.1, -0.05) is 30.3 Å². The Morgan fingerprint density at radius 3 is 2.70 bits per heavy atom. The first kappa shape index (κ1) is 14.8. The Hall–Kier alpha value is -1.65. The molecule has 0 unspecified atom stereocenters. The number of morpholine rings is 1. The van der Waals surface area contributed by atoms with Crippen LogP contribution in [-0.2, 0) is 9.53 Å². The lowest BCUT2D eigenvalue weighted by atomic mass is 10.1. The minimum absolute atomic E-state index is 0.0281. The summed E-state index contributed by atoms with van der Waals surface area (Å²) in [5.74, 6) is -0.0281. The van der Waals surface area contributed by atoms with Crippen LogP contribution >= 0.6 is 0 Å². The Morgan fingerprint density at radius 1 is 1.30 bits per heavy atom. The Morgan fingerprint density at radius 2 is 2.00 bits per heavy atom. The highest BCUT2D eigenvalue weighted by molar-refractivity contribution is 5.94. The van der Waals surface area contributed by atoms with Crippen LogP contribution in [0.5, 0.6) is 0 Å². The molecule has 0 bridgehead atoms. The van der Waals surface area contributed by atoms with Crippen molar-refractivity contribution in [1.29, 1.82) is 0 Å². The molecule has 1 N–H and O–H groups in total. The summed E-state index contributed by atoms with van der Waals surface area (Å²) >= 11 is 0. The maximum absolute atomic E-state index is 11.8. The number of hydrogen-bond acceptors (Lipinski definition) is 3. The van der Waals surface area contributed by atoms with E-state index in [0.717, 1.165) is 44.0 Å². The normalized spacial score (nSPS) is 16.9. The van der Waals surface area contributed by atoms with Crippen LogP contribution in [0.15, 0.2) is 36.4 Å². The van der Waals surface area contributed by atoms with Crippen LogP contribution in [0.1, 0.15) is 12.5 Å². The number of benzene rings is 1. The number of rotatable bonds is 5. The molecule has 0 aromatic heterocycles. The quantitative estimate of drug-likeness (QED) is 0.828. The van der Waals surface area contributed by atoms with E-state index >= 15 is 0 Å². The first-order valence-electron chi connectivity index (χ1n) is 7.07. The number of nitrogens with one attached hydrogen (secondary N) is 1. The van der Waals surface area contributed by atoms with Gasteiger partial charge in [-0.3, -0.25) is 9.69 Å². The Balaban J connectivity index is 1.74. The van der Waals surface area contributed by atoms with E-state index in [1.807, 2.05) is 37.3 Å². The molecular weight excluding hydrogens is 252 g/mol. The standard InChI is InChI=1S/C16H22N2O2/c1-14(15-5-3-2-4-6-15)13-16(19)17-7-8-18-9-11-20-12-10-18/h2-6,13H,7-12H2,1H3,(H,17,19)/b14-13+. The van der Waals surface area contributed by atoms with E-state index in [0.29, 0.717) is 6.54 Å². The van der Waals surface area contributed by atoms with Crippen molar-refractivity contribution in [1.82, 2.24) is 10.2 Å².